The number of likely N-dealkylation sites (tertiary alicyclic amines) is 1. The van der Waals surface area contributed by atoms with E-state index in [1.807, 2.05) is 0 Å². The lowest BCUT2D eigenvalue weighted by Gasteiger charge is -2.36. The molecule has 2 aromatic heterocycles. The molecule has 0 aliphatic carbocycles. The van der Waals surface area contributed by atoms with E-state index in [9.17, 15) is 13.2 Å². The first-order valence-corrected chi connectivity index (χ1v) is 9.56. The number of hydrogen-bond acceptors (Lipinski definition) is 4. The summed E-state index contributed by atoms with van der Waals surface area (Å²) in [5.74, 6) is 0.495. The number of aromatic nitrogens is 2. The van der Waals surface area contributed by atoms with E-state index in [4.69, 9.17) is 4.74 Å². The topological polar surface area (TPSA) is 44.4 Å². The van der Waals surface area contributed by atoms with Crippen molar-refractivity contribution in [1.29, 1.82) is 0 Å². The number of fused-ring (bicyclic) bond motifs is 1. The molecule has 1 unspecified atom stereocenters. The SMILES string of the molecule is FC(F)(F)c1[nH]c2ncccc2c1CN1CCCC(CN2CCOCC2)C1. The van der Waals surface area contributed by atoms with Crippen LogP contribution in [0, 0.1) is 5.92 Å². The fourth-order valence-electron chi connectivity index (χ4n) is 4.30. The highest BCUT2D eigenvalue weighted by molar-refractivity contribution is 5.81. The Hall–Kier alpha value is -1.64. The molecule has 27 heavy (non-hydrogen) atoms. The van der Waals surface area contributed by atoms with Crippen LogP contribution in [0.5, 0.6) is 0 Å². The third-order valence-electron chi connectivity index (χ3n) is 5.57. The average Bonchev–Trinajstić information content (AvgIpc) is 3.02. The first-order valence-electron chi connectivity index (χ1n) is 9.56. The number of aromatic amines is 1. The third kappa shape index (κ3) is 4.28. The summed E-state index contributed by atoms with van der Waals surface area (Å²) >= 11 is 0. The number of nitrogens with zero attached hydrogens (tertiary/aromatic N) is 3. The number of H-pyrrole nitrogens is 1. The molecule has 0 bridgehead atoms. The van der Waals surface area contributed by atoms with Gasteiger partial charge >= 0.3 is 6.18 Å². The van der Waals surface area contributed by atoms with E-state index in [2.05, 4.69) is 19.8 Å². The molecule has 2 fully saturated rings. The van der Waals surface area contributed by atoms with Crippen LogP contribution in [0.4, 0.5) is 13.2 Å². The van der Waals surface area contributed by atoms with Crippen molar-refractivity contribution in [1.82, 2.24) is 19.8 Å². The van der Waals surface area contributed by atoms with Gasteiger partial charge in [0.05, 0.1) is 13.2 Å². The molecule has 5 nitrogen and oxygen atoms in total. The molecule has 4 rings (SSSR count). The lowest BCUT2D eigenvalue weighted by molar-refractivity contribution is -0.141. The van der Waals surface area contributed by atoms with Crippen molar-refractivity contribution in [3.05, 3.63) is 29.6 Å². The predicted molar refractivity (Wildman–Crippen MR) is 96.4 cm³/mol. The van der Waals surface area contributed by atoms with Gasteiger partial charge in [-0.1, -0.05) is 0 Å². The molecule has 1 N–H and O–H groups in total. The molecule has 0 radical (unpaired) electrons. The molecule has 1 atom stereocenters. The van der Waals surface area contributed by atoms with Gasteiger partial charge in [0, 0.05) is 49.9 Å². The van der Waals surface area contributed by atoms with Crippen LogP contribution < -0.4 is 0 Å². The molecule has 2 aromatic rings. The molecule has 0 saturated carbocycles. The van der Waals surface area contributed by atoms with E-state index >= 15 is 0 Å². The average molecular weight is 382 g/mol. The molecule has 8 heteroatoms. The second-order valence-corrected chi connectivity index (χ2v) is 7.53. The van der Waals surface area contributed by atoms with Crippen LogP contribution in [-0.2, 0) is 17.5 Å². The third-order valence-corrected chi connectivity index (χ3v) is 5.57. The summed E-state index contributed by atoms with van der Waals surface area (Å²) in [7, 11) is 0. The molecular weight excluding hydrogens is 357 g/mol. The van der Waals surface area contributed by atoms with E-state index in [1.165, 1.54) is 6.20 Å². The molecule has 4 heterocycles. The highest BCUT2D eigenvalue weighted by atomic mass is 19.4. The summed E-state index contributed by atoms with van der Waals surface area (Å²) in [5, 5.41) is 0.570. The second kappa shape index (κ2) is 7.77. The Balaban J connectivity index is 1.49. The van der Waals surface area contributed by atoms with Gasteiger partial charge in [-0.05, 0) is 37.4 Å². The minimum absolute atomic E-state index is 0.306. The highest BCUT2D eigenvalue weighted by Gasteiger charge is 2.37. The Bertz CT molecular complexity index is 770. The second-order valence-electron chi connectivity index (χ2n) is 7.53. The maximum atomic E-state index is 13.5. The van der Waals surface area contributed by atoms with Gasteiger partial charge in [0.2, 0.25) is 0 Å². The molecule has 2 aliphatic rings. The Kier molecular flexibility index (Phi) is 5.39. The van der Waals surface area contributed by atoms with Crippen molar-refractivity contribution in [2.45, 2.75) is 25.6 Å². The van der Waals surface area contributed by atoms with Crippen LogP contribution in [0.1, 0.15) is 24.1 Å². The zero-order chi connectivity index (χ0) is 18.9. The van der Waals surface area contributed by atoms with Crippen molar-refractivity contribution >= 4 is 11.0 Å². The molecule has 2 saturated heterocycles. The zero-order valence-electron chi connectivity index (χ0n) is 15.3. The number of piperidine rings is 1. The first-order chi connectivity index (χ1) is 13.0. The van der Waals surface area contributed by atoms with E-state index in [1.54, 1.807) is 12.1 Å². The standard InChI is InChI=1S/C19H25F3N4O/c20-19(21,22)17-16(15-4-1-5-23-18(15)24-17)13-26-6-2-3-14(12-26)11-25-7-9-27-10-8-25/h1,4-5,14H,2-3,6-13H2,(H,23,24). The minimum atomic E-state index is -4.40. The van der Waals surface area contributed by atoms with E-state index < -0.39 is 11.9 Å². The lowest BCUT2D eigenvalue weighted by atomic mass is 9.96. The number of ether oxygens (including phenoxy) is 1. The summed E-state index contributed by atoms with van der Waals surface area (Å²) in [6.07, 6.45) is -0.729. The molecule has 0 aromatic carbocycles. The quantitative estimate of drug-likeness (QED) is 0.883. The fourth-order valence-corrected chi connectivity index (χ4v) is 4.30. The van der Waals surface area contributed by atoms with Crippen molar-refractivity contribution in [2.24, 2.45) is 5.92 Å². The van der Waals surface area contributed by atoms with Crippen molar-refractivity contribution < 1.29 is 17.9 Å². The molecule has 0 amide bonds. The van der Waals surface area contributed by atoms with E-state index in [0.29, 0.717) is 29.1 Å². The molecule has 0 spiro atoms. The minimum Gasteiger partial charge on any atom is -0.379 e. The van der Waals surface area contributed by atoms with Gasteiger partial charge in [-0.25, -0.2) is 4.98 Å². The number of hydrogen-bond donors (Lipinski definition) is 1. The number of morpholine rings is 1. The summed E-state index contributed by atoms with van der Waals surface area (Å²) in [6.45, 7) is 6.42. The first kappa shape index (κ1) is 18.7. The van der Waals surface area contributed by atoms with Gasteiger partial charge in [0.1, 0.15) is 11.3 Å². The van der Waals surface area contributed by atoms with Gasteiger partial charge in [0.25, 0.3) is 0 Å². The summed E-state index contributed by atoms with van der Waals surface area (Å²) in [5.41, 5.74) is -0.0363. The maximum absolute atomic E-state index is 13.5. The highest BCUT2D eigenvalue weighted by Crippen LogP contribution is 2.36. The number of alkyl halides is 3. The Labute approximate surface area is 156 Å². The maximum Gasteiger partial charge on any atom is 0.431 e. The number of pyridine rings is 1. The molecule has 148 valence electrons. The van der Waals surface area contributed by atoms with E-state index in [0.717, 1.165) is 58.8 Å². The van der Waals surface area contributed by atoms with Crippen LogP contribution in [0.2, 0.25) is 0 Å². The van der Waals surface area contributed by atoms with Crippen LogP contribution in [0.3, 0.4) is 0 Å². The largest absolute Gasteiger partial charge is 0.431 e. The van der Waals surface area contributed by atoms with Gasteiger partial charge in [-0.3, -0.25) is 9.80 Å². The summed E-state index contributed by atoms with van der Waals surface area (Å²) < 4.78 is 46.0. The fraction of sp³-hybridized carbons (Fsp3) is 0.632. The summed E-state index contributed by atoms with van der Waals surface area (Å²) in [4.78, 5) is 11.1. The van der Waals surface area contributed by atoms with Crippen LogP contribution >= 0.6 is 0 Å². The Morgan fingerprint density at radius 3 is 2.78 bits per heavy atom. The van der Waals surface area contributed by atoms with Gasteiger partial charge in [0.15, 0.2) is 0 Å². The van der Waals surface area contributed by atoms with Crippen LogP contribution in [-0.4, -0.2) is 65.7 Å². The monoisotopic (exact) mass is 382 g/mol. The lowest BCUT2D eigenvalue weighted by Crippen LogP contribution is -2.44. The Morgan fingerprint density at radius 1 is 1.19 bits per heavy atom. The van der Waals surface area contributed by atoms with Gasteiger partial charge in [-0.2, -0.15) is 13.2 Å². The summed E-state index contributed by atoms with van der Waals surface area (Å²) in [6, 6.07) is 3.41. The number of rotatable bonds is 4. The van der Waals surface area contributed by atoms with Crippen molar-refractivity contribution in [2.75, 3.05) is 45.9 Å². The van der Waals surface area contributed by atoms with Gasteiger partial charge < -0.3 is 9.72 Å². The number of halogens is 3. The van der Waals surface area contributed by atoms with Crippen LogP contribution in [0.25, 0.3) is 11.0 Å². The van der Waals surface area contributed by atoms with Crippen molar-refractivity contribution in [3.63, 3.8) is 0 Å². The zero-order valence-corrected chi connectivity index (χ0v) is 15.3. The smallest absolute Gasteiger partial charge is 0.379 e. The molecule has 2 aliphatic heterocycles. The molecular formula is C19H25F3N4O. The van der Waals surface area contributed by atoms with Gasteiger partial charge in [-0.15, -0.1) is 0 Å². The number of nitrogens with one attached hydrogen (secondary N) is 1. The van der Waals surface area contributed by atoms with Crippen molar-refractivity contribution in [3.8, 4) is 0 Å². The normalized spacial score (nSPS) is 23.1. The predicted octanol–water partition coefficient (Wildman–Crippen LogP) is 3.13. The van der Waals surface area contributed by atoms with Crippen LogP contribution in [0.15, 0.2) is 18.3 Å². The van der Waals surface area contributed by atoms with E-state index in [-0.39, 0.29) is 0 Å². The Morgan fingerprint density at radius 2 is 2.00 bits per heavy atom.